The van der Waals surface area contributed by atoms with Gasteiger partial charge in [-0.25, -0.2) is 17.2 Å². The number of nitrogens with zero attached hydrogens (tertiary/aromatic N) is 1. The van der Waals surface area contributed by atoms with E-state index in [-0.39, 0.29) is 10.6 Å². The highest BCUT2D eigenvalue weighted by atomic mass is 32.2. The number of benzene rings is 1. The van der Waals surface area contributed by atoms with Gasteiger partial charge >= 0.3 is 0 Å². The molecule has 0 fully saturated rings. The van der Waals surface area contributed by atoms with Gasteiger partial charge in [-0.2, -0.15) is 4.31 Å². The van der Waals surface area contributed by atoms with Crippen LogP contribution in [-0.2, 0) is 10.0 Å². The van der Waals surface area contributed by atoms with Crippen LogP contribution in [0.25, 0.3) is 0 Å². The molecule has 0 aliphatic heterocycles. The molecule has 0 saturated carbocycles. The number of sulfonamides is 1. The van der Waals surface area contributed by atoms with Gasteiger partial charge in [-0.15, -0.1) is 0 Å². The normalized spacial score (nSPS) is 12.1. The van der Waals surface area contributed by atoms with E-state index >= 15 is 0 Å². The minimum atomic E-state index is -3.96. The van der Waals surface area contributed by atoms with Crippen LogP contribution in [0, 0.1) is 0 Å². The fourth-order valence-electron chi connectivity index (χ4n) is 1.35. The molecule has 0 radical (unpaired) electrons. The first-order valence-electron chi connectivity index (χ1n) is 4.97. The molecule has 0 aliphatic rings. The zero-order chi connectivity index (χ0) is 13.9. The number of halogens is 2. The summed E-state index contributed by atoms with van der Waals surface area (Å²) >= 11 is 0. The highest BCUT2D eigenvalue weighted by Gasteiger charge is 2.24. The maximum Gasteiger partial charge on any atom is 0.252 e. The number of nitrogens with two attached hydrogens (primary N) is 1. The van der Waals surface area contributed by atoms with E-state index in [9.17, 15) is 17.2 Å². The number of methoxy groups -OCH3 is 1. The first-order chi connectivity index (χ1) is 8.28. The van der Waals surface area contributed by atoms with Gasteiger partial charge in [0.2, 0.25) is 10.0 Å². The Morgan fingerprint density at radius 3 is 2.50 bits per heavy atom. The Labute approximate surface area is 104 Å². The predicted octanol–water partition coefficient (Wildman–Crippen LogP) is 1.16. The summed E-state index contributed by atoms with van der Waals surface area (Å²) in [5, 5.41) is 0. The summed E-state index contributed by atoms with van der Waals surface area (Å²) in [6.45, 7) is -0.867. The van der Waals surface area contributed by atoms with E-state index in [4.69, 9.17) is 10.5 Å². The van der Waals surface area contributed by atoms with Gasteiger partial charge in [0.15, 0.2) is 0 Å². The summed E-state index contributed by atoms with van der Waals surface area (Å²) in [6.07, 6.45) is -2.74. The Morgan fingerprint density at radius 2 is 2.06 bits per heavy atom. The SMILES string of the molecule is COc1ccc(S(=O)(=O)N(C)CC(F)F)cc1N. The van der Waals surface area contributed by atoms with Crippen molar-refractivity contribution < 1.29 is 21.9 Å². The van der Waals surface area contributed by atoms with Crippen molar-refractivity contribution in [1.29, 1.82) is 0 Å². The summed E-state index contributed by atoms with van der Waals surface area (Å²) in [5.41, 5.74) is 5.70. The van der Waals surface area contributed by atoms with E-state index in [0.29, 0.717) is 10.1 Å². The Morgan fingerprint density at radius 1 is 1.44 bits per heavy atom. The molecule has 1 rings (SSSR count). The molecule has 0 heterocycles. The topological polar surface area (TPSA) is 72.6 Å². The lowest BCUT2D eigenvalue weighted by atomic mass is 10.3. The van der Waals surface area contributed by atoms with Crippen molar-refractivity contribution >= 4 is 15.7 Å². The van der Waals surface area contributed by atoms with E-state index in [0.717, 1.165) is 7.05 Å². The van der Waals surface area contributed by atoms with Crippen LogP contribution < -0.4 is 10.5 Å². The molecule has 2 N–H and O–H groups in total. The van der Waals surface area contributed by atoms with Crippen LogP contribution in [0.3, 0.4) is 0 Å². The molecule has 0 saturated heterocycles. The Balaban J connectivity index is 3.09. The summed E-state index contributed by atoms with van der Waals surface area (Å²) in [5.74, 6) is 0.325. The van der Waals surface area contributed by atoms with Crippen molar-refractivity contribution in [2.75, 3.05) is 26.4 Å². The van der Waals surface area contributed by atoms with Crippen LogP contribution in [0.15, 0.2) is 23.1 Å². The molecule has 0 aliphatic carbocycles. The Bertz CT molecular complexity index is 520. The Kier molecular flexibility index (Phi) is 4.47. The number of ether oxygens (including phenoxy) is 1. The number of rotatable bonds is 5. The van der Waals surface area contributed by atoms with Gasteiger partial charge in [-0.1, -0.05) is 0 Å². The van der Waals surface area contributed by atoms with Crippen LogP contribution in [0.4, 0.5) is 14.5 Å². The van der Waals surface area contributed by atoms with Crippen molar-refractivity contribution in [2.45, 2.75) is 11.3 Å². The molecule has 1 aromatic carbocycles. The highest BCUT2D eigenvalue weighted by Crippen LogP contribution is 2.25. The molecule has 0 aromatic heterocycles. The molecule has 0 amide bonds. The molecule has 8 heteroatoms. The minimum Gasteiger partial charge on any atom is -0.495 e. The van der Waals surface area contributed by atoms with Crippen molar-refractivity contribution in [1.82, 2.24) is 4.31 Å². The second-order valence-electron chi connectivity index (χ2n) is 3.58. The number of hydrogen-bond acceptors (Lipinski definition) is 4. The van der Waals surface area contributed by atoms with Crippen molar-refractivity contribution in [3.63, 3.8) is 0 Å². The van der Waals surface area contributed by atoms with Crippen LogP contribution >= 0.6 is 0 Å². The zero-order valence-electron chi connectivity index (χ0n) is 9.93. The molecule has 0 bridgehead atoms. The predicted molar refractivity (Wildman–Crippen MR) is 63.2 cm³/mol. The number of alkyl halides is 2. The summed E-state index contributed by atoms with van der Waals surface area (Å²) in [7, 11) is -1.49. The third-order valence-electron chi connectivity index (χ3n) is 2.30. The maximum atomic E-state index is 12.2. The molecule has 1 aromatic rings. The van der Waals surface area contributed by atoms with E-state index in [1.807, 2.05) is 0 Å². The molecule has 102 valence electrons. The van der Waals surface area contributed by atoms with E-state index in [1.165, 1.54) is 25.3 Å². The van der Waals surface area contributed by atoms with Gasteiger partial charge in [-0.3, -0.25) is 0 Å². The second-order valence-corrected chi connectivity index (χ2v) is 5.63. The molecule has 18 heavy (non-hydrogen) atoms. The average Bonchev–Trinajstić information content (AvgIpc) is 2.27. The first-order valence-corrected chi connectivity index (χ1v) is 6.41. The fraction of sp³-hybridized carbons (Fsp3) is 0.400. The minimum absolute atomic E-state index is 0.129. The lowest BCUT2D eigenvalue weighted by molar-refractivity contribution is 0.126. The van der Waals surface area contributed by atoms with E-state index < -0.39 is 23.0 Å². The largest absolute Gasteiger partial charge is 0.495 e. The number of nitrogen functional groups attached to an aromatic ring is 1. The van der Waals surface area contributed by atoms with Gasteiger partial charge in [0, 0.05) is 7.05 Å². The van der Waals surface area contributed by atoms with Crippen LogP contribution in [-0.4, -0.2) is 39.9 Å². The summed E-state index contributed by atoms with van der Waals surface area (Å²) < 4.78 is 53.7. The highest BCUT2D eigenvalue weighted by molar-refractivity contribution is 7.89. The van der Waals surface area contributed by atoms with Crippen LogP contribution in [0.5, 0.6) is 5.75 Å². The molecule has 0 unspecified atom stereocenters. The second kappa shape index (κ2) is 5.49. The first kappa shape index (κ1) is 14.7. The third-order valence-corrected chi connectivity index (χ3v) is 4.12. The fourth-order valence-corrected chi connectivity index (χ4v) is 2.53. The lowest BCUT2D eigenvalue weighted by Crippen LogP contribution is -2.31. The summed E-state index contributed by atoms with van der Waals surface area (Å²) in [6, 6.07) is 3.81. The number of hydrogen-bond donors (Lipinski definition) is 1. The summed E-state index contributed by atoms with van der Waals surface area (Å²) in [4.78, 5) is -0.149. The molecule has 5 nitrogen and oxygen atoms in total. The Hall–Kier alpha value is -1.41. The monoisotopic (exact) mass is 280 g/mol. The average molecular weight is 280 g/mol. The lowest BCUT2D eigenvalue weighted by Gasteiger charge is -2.17. The smallest absolute Gasteiger partial charge is 0.252 e. The zero-order valence-corrected chi connectivity index (χ0v) is 10.7. The van der Waals surface area contributed by atoms with Crippen LogP contribution in [0.2, 0.25) is 0 Å². The molecule has 0 atom stereocenters. The van der Waals surface area contributed by atoms with Gasteiger partial charge in [0.05, 0.1) is 24.2 Å². The van der Waals surface area contributed by atoms with Gasteiger partial charge in [-0.05, 0) is 18.2 Å². The van der Waals surface area contributed by atoms with Crippen LogP contribution in [0.1, 0.15) is 0 Å². The molecule has 0 spiro atoms. The molecular formula is C10H14F2N2O3S. The van der Waals surface area contributed by atoms with Gasteiger partial charge < -0.3 is 10.5 Å². The van der Waals surface area contributed by atoms with Gasteiger partial charge in [0.25, 0.3) is 6.43 Å². The quantitative estimate of drug-likeness (QED) is 0.822. The maximum absolute atomic E-state index is 12.2. The van der Waals surface area contributed by atoms with Crippen molar-refractivity contribution in [3.05, 3.63) is 18.2 Å². The van der Waals surface area contributed by atoms with Crippen molar-refractivity contribution in [2.24, 2.45) is 0 Å². The standard InChI is InChI=1S/C10H14F2N2O3S/c1-14(6-10(11)12)18(15,16)7-3-4-9(17-2)8(13)5-7/h3-5,10H,6,13H2,1-2H3. The van der Waals surface area contributed by atoms with E-state index in [2.05, 4.69) is 0 Å². The van der Waals surface area contributed by atoms with E-state index in [1.54, 1.807) is 0 Å². The number of anilines is 1. The van der Waals surface area contributed by atoms with Crippen molar-refractivity contribution in [3.8, 4) is 5.75 Å². The third kappa shape index (κ3) is 3.08. The molecular weight excluding hydrogens is 266 g/mol. The van der Waals surface area contributed by atoms with Gasteiger partial charge in [0.1, 0.15) is 5.75 Å².